The minimum atomic E-state index is -0.564. The molecule has 1 aromatic rings. The van der Waals surface area contributed by atoms with Gasteiger partial charge in [-0.3, -0.25) is 4.90 Å². The van der Waals surface area contributed by atoms with Crippen molar-refractivity contribution < 1.29 is 22.0 Å². The highest BCUT2D eigenvalue weighted by molar-refractivity contribution is 5.13. The first-order valence-corrected chi connectivity index (χ1v) is 9.34. The molecule has 28 heavy (non-hydrogen) atoms. The first kappa shape index (κ1) is 25.9. The molecule has 1 atom stereocenters. The maximum Gasteiger partial charge on any atom is 0.116 e. The van der Waals surface area contributed by atoms with E-state index in [9.17, 15) is 5.11 Å². The van der Waals surface area contributed by atoms with Crippen molar-refractivity contribution in [1.82, 2.24) is 4.90 Å². The van der Waals surface area contributed by atoms with Gasteiger partial charge in [0, 0.05) is 38.0 Å². The zero-order valence-electron chi connectivity index (χ0n) is 16.5. The summed E-state index contributed by atoms with van der Waals surface area (Å²) in [5, 5.41) is 28.5. The van der Waals surface area contributed by atoms with E-state index in [4.69, 9.17) is 10.5 Å². The third-order valence-electron chi connectivity index (χ3n) is 4.54. The standard InChI is InChI=1S/C22H31N4O.ClH/c1-3-16-26(17-4-2,19-21-10-6-5-7-11-21)20-22(27)18-25(14-8-12-23)15-9-13-24;/h3-7,10-11,22,27H,1-2,8-9,14-20H2;1H/q+1;/p-1. The predicted molar refractivity (Wildman–Crippen MR) is 108 cm³/mol. The summed E-state index contributed by atoms with van der Waals surface area (Å²) >= 11 is 0. The molecule has 1 N–H and O–H groups in total. The second-order valence-electron chi connectivity index (χ2n) is 6.88. The number of rotatable bonds is 14. The highest BCUT2D eigenvalue weighted by atomic mass is 35.5. The van der Waals surface area contributed by atoms with Gasteiger partial charge < -0.3 is 22.0 Å². The third kappa shape index (κ3) is 9.69. The fourth-order valence-corrected chi connectivity index (χ4v) is 3.45. The number of nitrogens with zero attached hydrogens (tertiary/aromatic N) is 4. The Morgan fingerprint density at radius 2 is 1.57 bits per heavy atom. The number of nitriles is 2. The summed E-state index contributed by atoms with van der Waals surface area (Å²) in [6.07, 6.45) is 4.00. The Hall–Kier alpha value is -2.15. The van der Waals surface area contributed by atoms with Crippen molar-refractivity contribution in [2.24, 2.45) is 0 Å². The van der Waals surface area contributed by atoms with Crippen molar-refractivity contribution in [2.75, 3.05) is 39.3 Å². The molecule has 1 aromatic carbocycles. The van der Waals surface area contributed by atoms with Gasteiger partial charge in [-0.15, -0.1) is 0 Å². The summed E-state index contributed by atoms with van der Waals surface area (Å²) in [6, 6.07) is 14.5. The minimum Gasteiger partial charge on any atom is -1.00 e. The average molecular weight is 403 g/mol. The topological polar surface area (TPSA) is 71.0 Å². The highest BCUT2D eigenvalue weighted by Crippen LogP contribution is 2.17. The van der Waals surface area contributed by atoms with Crippen LogP contribution in [0.5, 0.6) is 0 Å². The monoisotopic (exact) mass is 402 g/mol. The second kappa shape index (κ2) is 14.9. The van der Waals surface area contributed by atoms with E-state index in [1.807, 2.05) is 35.3 Å². The average Bonchev–Trinajstić information content (AvgIpc) is 2.65. The lowest BCUT2D eigenvalue weighted by molar-refractivity contribution is -0.933. The van der Waals surface area contributed by atoms with E-state index in [0.29, 0.717) is 43.5 Å². The molecule has 1 rings (SSSR count). The Morgan fingerprint density at radius 3 is 2.04 bits per heavy atom. The fourth-order valence-electron chi connectivity index (χ4n) is 3.45. The number of quaternary nitrogens is 1. The minimum absolute atomic E-state index is 0. The summed E-state index contributed by atoms with van der Waals surface area (Å²) in [7, 11) is 0. The summed E-state index contributed by atoms with van der Waals surface area (Å²) in [4.78, 5) is 2.00. The van der Waals surface area contributed by atoms with Crippen LogP contribution < -0.4 is 12.4 Å². The van der Waals surface area contributed by atoms with Gasteiger partial charge in [0.15, 0.2) is 0 Å². The molecule has 0 bridgehead atoms. The normalized spacial score (nSPS) is 11.7. The first-order chi connectivity index (χ1) is 13.1. The molecule has 0 heterocycles. The Labute approximate surface area is 175 Å². The van der Waals surface area contributed by atoms with Crippen molar-refractivity contribution in [2.45, 2.75) is 25.5 Å². The molecule has 0 fully saturated rings. The Bertz CT molecular complexity index is 623. The van der Waals surface area contributed by atoms with Crippen LogP contribution >= 0.6 is 0 Å². The van der Waals surface area contributed by atoms with Crippen molar-refractivity contribution in [1.29, 1.82) is 10.5 Å². The molecule has 0 saturated heterocycles. The SMILES string of the molecule is C=CC[N+](CC=C)(Cc1ccccc1)CC(O)CN(CCC#N)CCC#N.[Cl-]. The zero-order chi connectivity index (χ0) is 20.0. The molecule has 0 spiro atoms. The second-order valence-corrected chi connectivity index (χ2v) is 6.88. The summed E-state index contributed by atoms with van der Waals surface area (Å²) in [6.45, 7) is 12.2. The summed E-state index contributed by atoms with van der Waals surface area (Å²) < 4.78 is 0.641. The van der Waals surface area contributed by atoms with E-state index in [-0.39, 0.29) is 12.4 Å². The molecule has 0 aliphatic rings. The number of aliphatic hydroxyl groups excluding tert-OH is 1. The quantitative estimate of drug-likeness (QED) is 0.347. The molecule has 5 nitrogen and oxygen atoms in total. The summed E-state index contributed by atoms with van der Waals surface area (Å²) in [5.41, 5.74) is 1.21. The highest BCUT2D eigenvalue weighted by Gasteiger charge is 2.29. The number of aliphatic hydroxyl groups is 1. The van der Waals surface area contributed by atoms with Gasteiger partial charge in [-0.1, -0.05) is 43.5 Å². The molecule has 0 amide bonds. The van der Waals surface area contributed by atoms with Crippen LogP contribution in [0, 0.1) is 22.7 Å². The van der Waals surface area contributed by atoms with Gasteiger partial charge in [0.25, 0.3) is 0 Å². The van der Waals surface area contributed by atoms with Crippen molar-refractivity contribution in [3.05, 3.63) is 61.2 Å². The van der Waals surface area contributed by atoms with Gasteiger partial charge in [0.1, 0.15) is 19.2 Å². The number of halogens is 1. The van der Waals surface area contributed by atoms with Crippen LogP contribution in [0.4, 0.5) is 0 Å². The zero-order valence-corrected chi connectivity index (χ0v) is 17.3. The number of hydrogen-bond acceptors (Lipinski definition) is 4. The predicted octanol–water partition coefficient (Wildman–Crippen LogP) is -0.130. The van der Waals surface area contributed by atoms with Crippen LogP contribution in [-0.4, -0.2) is 59.9 Å². The lowest BCUT2D eigenvalue weighted by Crippen LogP contribution is -3.00. The van der Waals surface area contributed by atoms with E-state index >= 15 is 0 Å². The van der Waals surface area contributed by atoms with Crippen LogP contribution in [-0.2, 0) is 6.54 Å². The van der Waals surface area contributed by atoms with Crippen molar-refractivity contribution in [3.63, 3.8) is 0 Å². The van der Waals surface area contributed by atoms with Crippen LogP contribution in [0.1, 0.15) is 18.4 Å². The van der Waals surface area contributed by atoms with Crippen LogP contribution in [0.3, 0.4) is 0 Å². The third-order valence-corrected chi connectivity index (χ3v) is 4.54. The molecule has 1 unspecified atom stereocenters. The maximum absolute atomic E-state index is 10.8. The van der Waals surface area contributed by atoms with Crippen LogP contribution in [0.25, 0.3) is 0 Å². The van der Waals surface area contributed by atoms with Crippen LogP contribution in [0.15, 0.2) is 55.6 Å². The molecule has 6 heteroatoms. The molecule has 0 radical (unpaired) electrons. The van der Waals surface area contributed by atoms with Crippen molar-refractivity contribution in [3.8, 4) is 12.1 Å². The Balaban J connectivity index is 0.00000729. The van der Waals surface area contributed by atoms with Gasteiger partial charge >= 0.3 is 0 Å². The maximum atomic E-state index is 10.8. The molecule has 0 aliphatic carbocycles. The summed E-state index contributed by atoms with van der Waals surface area (Å²) in [5.74, 6) is 0. The van der Waals surface area contributed by atoms with Gasteiger partial charge in [-0.25, -0.2) is 0 Å². The molecule has 0 saturated carbocycles. The Morgan fingerprint density at radius 1 is 1.04 bits per heavy atom. The lowest BCUT2D eigenvalue weighted by Gasteiger charge is -2.39. The molecule has 152 valence electrons. The first-order valence-electron chi connectivity index (χ1n) is 9.34. The van der Waals surface area contributed by atoms with E-state index in [2.05, 4.69) is 37.4 Å². The fraction of sp³-hybridized carbons (Fsp3) is 0.455. The van der Waals surface area contributed by atoms with Gasteiger partial charge in [0.05, 0.1) is 25.2 Å². The van der Waals surface area contributed by atoms with E-state index in [1.165, 1.54) is 5.56 Å². The van der Waals surface area contributed by atoms with Crippen LogP contribution in [0.2, 0.25) is 0 Å². The van der Waals surface area contributed by atoms with E-state index < -0.39 is 6.10 Å². The number of hydrogen-bond donors (Lipinski definition) is 1. The van der Waals surface area contributed by atoms with Crippen molar-refractivity contribution >= 4 is 0 Å². The van der Waals surface area contributed by atoms with Gasteiger partial charge in [-0.05, 0) is 12.2 Å². The Kier molecular flexibility index (Phi) is 13.7. The van der Waals surface area contributed by atoms with Gasteiger partial charge in [-0.2, -0.15) is 10.5 Å². The molecular weight excluding hydrogens is 372 g/mol. The van der Waals surface area contributed by atoms with E-state index in [1.54, 1.807) is 0 Å². The molecule has 0 aromatic heterocycles. The smallest absolute Gasteiger partial charge is 0.116 e. The largest absolute Gasteiger partial charge is 1.00 e. The van der Waals surface area contributed by atoms with Gasteiger partial charge in [0.2, 0.25) is 0 Å². The number of benzene rings is 1. The lowest BCUT2D eigenvalue weighted by atomic mass is 10.1. The molecular formula is C22H31ClN4O. The molecule has 0 aliphatic heterocycles. The van der Waals surface area contributed by atoms with E-state index in [0.717, 1.165) is 19.6 Å².